The van der Waals surface area contributed by atoms with Gasteiger partial charge in [-0.15, -0.1) is 0 Å². The summed E-state index contributed by atoms with van der Waals surface area (Å²) in [5.41, 5.74) is 6.81. The number of aromatic nitrogens is 3. The van der Waals surface area contributed by atoms with Crippen LogP contribution in [0.25, 0.3) is 28.0 Å². The first-order valence-corrected chi connectivity index (χ1v) is 12.4. The van der Waals surface area contributed by atoms with Crippen molar-refractivity contribution in [2.45, 2.75) is 46.6 Å². The molecule has 0 spiro atoms. The van der Waals surface area contributed by atoms with Crippen LogP contribution in [0.5, 0.6) is 0 Å². The molecule has 1 atom stereocenters. The number of nitrogens with zero attached hydrogens (tertiary/aromatic N) is 4. The van der Waals surface area contributed by atoms with Crippen LogP contribution in [0.15, 0.2) is 54.6 Å². The molecular formula is C29H32N4O3. The predicted octanol–water partition coefficient (Wildman–Crippen LogP) is 5.42. The molecule has 0 aliphatic carbocycles. The van der Waals surface area contributed by atoms with Gasteiger partial charge in [-0.25, -0.2) is 9.78 Å². The largest absolute Gasteiger partial charge is 0.479 e. The Balaban J connectivity index is 1.66. The molecule has 1 saturated heterocycles. The van der Waals surface area contributed by atoms with Gasteiger partial charge in [-0.3, -0.25) is 0 Å². The van der Waals surface area contributed by atoms with Crippen LogP contribution in [0.2, 0.25) is 0 Å². The zero-order valence-electron chi connectivity index (χ0n) is 21.2. The zero-order valence-corrected chi connectivity index (χ0v) is 21.2. The van der Waals surface area contributed by atoms with Gasteiger partial charge in [0.1, 0.15) is 5.82 Å². The molecule has 2 N–H and O–H groups in total. The van der Waals surface area contributed by atoms with Gasteiger partial charge >= 0.3 is 5.97 Å². The number of carbonyl (C=O) groups is 1. The van der Waals surface area contributed by atoms with Crippen LogP contribution in [-0.2, 0) is 4.79 Å². The van der Waals surface area contributed by atoms with E-state index >= 15 is 0 Å². The molecule has 5 rings (SSSR count). The molecule has 0 radical (unpaired) electrons. The number of aryl methyl sites for hydroxylation is 2. The number of carboxylic acid groups (broad SMARTS) is 1. The number of piperidine rings is 1. The quantitative estimate of drug-likeness (QED) is 0.393. The Bertz CT molecular complexity index is 1450. The average molecular weight is 485 g/mol. The van der Waals surface area contributed by atoms with Gasteiger partial charge in [0.15, 0.2) is 11.8 Å². The molecule has 36 heavy (non-hydrogen) atoms. The van der Waals surface area contributed by atoms with Gasteiger partial charge in [-0.05, 0) is 54.9 Å². The van der Waals surface area contributed by atoms with Gasteiger partial charge in [0.2, 0.25) is 0 Å². The van der Waals surface area contributed by atoms with E-state index in [0.717, 1.165) is 42.8 Å². The van der Waals surface area contributed by atoms with Crippen molar-refractivity contribution in [1.82, 2.24) is 14.6 Å². The number of rotatable bonds is 5. The highest BCUT2D eigenvalue weighted by molar-refractivity contribution is 5.79. The molecule has 7 heteroatoms. The Hall–Kier alpha value is -3.71. The maximum absolute atomic E-state index is 11.8. The van der Waals surface area contributed by atoms with Crippen LogP contribution < -0.4 is 4.90 Å². The molecule has 2 aromatic heterocycles. The van der Waals surface area contributed by atoms with E-state index in [4.69, 9.17) is 5.10 Å². The van der Waals surface area contributed by atoms with E-state index in [1.54, 1.807) is 11.4 Å². The van der Waals surface area contributed by atoms with Crippen molar-refractivity contribution in [1.29, 1.82) is 0 Å². The molecule has 1 fully saturated rings. The molecule has 186 valence electrons. The number of aliphatic hydroxyl groups excluding tert-OH is 1. The third-order valence-corrected chi connectivity index (χ3v) is 7.34. The molecule has 7 nitrogen and oxygen atoms in total. The lowest BCUT2D eigenvalue weighted by molar-refractivity contribution is -0.147. The summed E-state index contributed by atoms with van der Waals surface area (Å²) in [5.74, 6) is -0.680. The first-order valence-electron chi connectivity index (χ1n) is 12.4. The van der Waals surface area contributed by atoms with Crippen LogP contribution in [0.1, 0.15) is 49.6 Å². The number of hydrogen-bond acceptors (Lipinski definition) is 5. The topological polar surface area (TPSA) is 91.0 Å². The monoisotopic (exact) mass is 484 g/mol. The van der Waals surface area contributed by atoms with Crippen molar-refractivity contribution in [2.24, 2.45) is 5.41 Å². The minimum absolute atomic E-state index is 0.217. The number of carboxylic acids is 1. The van der Waals surface area contributed by atoms with E-state index in [1.807, 2.05) is 30.3 Å². The fourth-order valence-electron chi connectivity index (χ4n) is 5.07. The van der Waals surface area contributed by atoms with Crippen LogP contribution in [0, 0.1) is 19.3 Å². The van der Waals surface area contributed by atoms with Crippen molar-refractivity contribution < 1.29 is 15.0 Å². The van der Waals surface area contributed by atoms with E-state index in [-0.39, 0.29) is 5.41 Å². The van der Waals surface area contributed by atoms with Crippen molar-refractivity contribution in [3.8, 4) is 22.4 Å². The third kappa shape index (κ3) is 4.35. The SMILES string of the molecule is Cc1ccccc1-c1cccc(-c2cc3nc(C)c([C@H](O)C(=O)O)c(N4CCC(C)(C)CC4)n3n2)c1. The number of anilines is 1. The highest BCUT2D eigenvalue weighted by Gasteiger charge is 2.33. The average Bonchev–Trinajstić information content (AvgIpc) is 3.27. The summed E-state index contributed by atoms with van der Waals surface area (Å²) < 4.78 is 1.71. The van der Waals surface area contributed by atoms with Gasteiger partial charge in [0.25, 0.3) is 0 Å². The summed E-state index contributed by atoms with van der Waals surface area (Å²) in [7, 11) is 0. The van der Waals surface area contributed by atoms with Gasteiger partial charge in [-0.1, -0.05) is 56.3 Å². The Labute approximate surface area is 211 Å². The predicted molar refractivity (Wildman–Crippen MR) is 141 cm³/mol. The Morgan fingerprint density at radius 3 is 2.39 bits per heavy atom. The van der Waals surface area contributed by atoms with Gasteiger partial charge < -0.3 is 15.1 Å². The fraction of sp³-hybridized carbons (Fsp3) is 0.345. The maximum Gasteiger partial charge on any atom is 0.337 e. The van der Waals surface area contributed by atoms with E-state index in [0.29, 0.717) is 22.7 Å². The Morgan fingerprint density at radius 2 is 1.69 bits per heavy atom. The lowest BCUT2D eigenvalue weighted by Crippen LogP contribution is -2.39. The number of hydrogen-bond donors (Lipinski definition) is 2. The Morgan fingerprint density at radius 1 is 1.00 bits per heavy atom. The third-order valence-electron chi connectivity index (χ3n) is 7.34. The molecule has 0 bridgehead atoms. The molecule has 3 heterocycles. The van der Waals surface area contributed by atoms with Crippen LogP contribution >= 0.6 is 0 Å². The molecule has 0 saturated carbocycles. The van der Waals surface area contributed by atoms with Crippen molar-refractivity contribution in [2.75, 3.05) is 18.0 Å². The molecular weight excluding hydrogens is 452 g/mol. The molecule has 0 amide bonds. The second kappa shape index (κ2) is 9.06. The van der Waals surface area contributed by atoms with Crippen molar-refractivity contribution in [3.63, 3.8) is 0 Å². The van der Waals surface area contributed by atoms with Crippen LogP contribution in [0.4, 0.5) is 5.82 Å². The molecule has 1 aliphatic heterocycles. The molecule has 0 unspecified atom stereocenters. The second-order valence-corrected chi connectivity index (χ2v) is 10.5. The minimum Gasteiger partial charge on any atom is -0.479 e. The minimum atomic E-state index is -1.68. The van der Waals surface area contributed by atoms with Gasteiger partial charge in [0, 0.05) is 30.4 Å². The molecule has 1 aliphatic rings. The van der Waals surface area contributed by atoms with E-state index in [1.165, 1.54) is 11.1 Å². The van der Waals surface area contributed by atoms with E-state index < -0.39 is 12.1 Å². The molecule has 2 aromatic carbocycles. The Kier molecular flexibility index (Phi) is 6.04. The highest BCUT2D eigenvalue weighted by Crippen LogP contribution is 2.37. The van der Waals surface area contributed by atoms with Crippen molar-refractivity contribution >= 4 is 17.4 Å². The number of benzene rings is 2. The second-order valence-electron chi connectivity index (χ2n) is 10.5. The number of aliphatic hydroxyl groups is 1. The standard InChI is InChI=1S/C29H32N4O3/c1-18-8-5-6-11-22(18)20-9-7-10-21(16-20)23-17-24-30-19(2)25(26(34)28(35)36)27(33(24)31-23)32-14-12-29(3,4)13-15-32/h5-11,16-17,26,34H,12-15H2,1-4H3,(H,35,36)/t26-/m0/s1. The van der Waals surface area contributed by atoms with Crippen molar-refractivity contribution in [3.05, 3.63) is 71.4 Å². The van der Waals surface area contributed by atoms with Crippen LogP contribution in [-0.4, -0.2) is 43.9 Å². The lowest BCUT2D eigenvalue weighted by Gasteiger charge is -2.39. The highest BCUT2D eigenvalue weighted by atomic mass is 16.4. The summed E-state index contributed by atoms with van der Waals surface area (Å²) in [5, 5.41) is 25.2. The summed E-state index contributed by atoms with van der Waals surface area (Å²) in [6.07, 6.45) is 0.250. The number of aliphatic carboxylic acids is 1. The van der Waals surface area contributed by atoms with Gasteiger partial charge in [0.05, 0.1) is 11.3 Å². The fourth-order valence-corrected chi connectivity index (χ4v) is 5.07. The zero-order chi connectivity index (χ0) is 25.6. The normalized spacial score (nSPS) is 16.3. The van der Waals surface area contributed by atoms with E-state index in [2.05, 4.69) is 54.9 Å². The first kappa shape index (κ1) is 24.0. The summed E-state index contributed by atoms with van der Waals surface area (Å²) in [4.78, 5) is 18.6. The molecule has 4 aromatic rings. The van der Waals surface area contributed by atoms with Crippen LogP contribution in [0.3, 0.4) is 0 Å². The first-order chi connectivity index (χ1) is 17.1. The maximum atomic E-state index is 11.8. The van der Waals surface area contributed by atoms with E-state index in [9.17, 15) is 15.0 Å². The summed E-state index contributed by atoms with van der Waals surface area (Å²) in [6, 6.07) is 18.5. The smallest absolute Gasteiger partial charge is 0.337 e. The summed E-state index contributed by atoms with van der Waals surface area (Å²) >= 11 is 0. The summed E-state index contributed by atoms with van der Waals surface area (Å²) in [6.45, 7) is 9.85. The lowest BCUT2D eigenvalue weighted by atomic mass is 9.82. The van der Waals surface area contributed by atoms with Gasteiger partial charge in [-0.2, -0.15) is 9.61 Å². The number of fused-ring (bicyclic) bond motifs is 1.